The van der Waals surface area contributed by atoms with Gasteiger partial charge in [-0.15, -0.1) is 0 Å². The van der Waals surface area contributed by atoms with Crippen LogP contribution in [0, 0.1) is 17.8 Å². The zero-order chi connectivity index (χ0) is 46.8. The van der Waals surface area contributed by atoms with Crippen LogP contribution in [0.15, 0.2) is 24.3 Å². The molecule has 0 saturated carbocycles. The number of methoxy groups -OCH3 is 1. The summed E-state index contributed by atoms with van der Waals surface area (Å²) in [5.41, 5.74) is 4.86. The Labute approximate surface area is 372 Å². The number of esters is 2. The van der Waals surface area contributed by atoms with Gasteiger partial charge in [-0.05, 0) is 78.8 Å². The van der Waals surface area contributed by atoms with Crippen molar-refractivity contribution in [1.29, 1.82) is 0 Å². The number of aliphatic hydroxyl groups is 4. The highest BCUT2D eigenvalue weighted by atomic mass is 16.8. The summed E-state index contributed by atoms with van der Waals surface area (Å²) in [4.78, 5) is 40.1. The Morgan fingerprint density at radius 3 is 2.32 bits per heavy atom. The Bertz CT molecular complexity index is 1500. The second-order valence-electron chi connectivity index (χ2n) is 18.7. The number of carbonyl (C=O) groups is 3. The van der Waals surface area contributed by atoms with Crippen molar-refractivity contribution in [3.63, 3.8) is 0 Å². The summed E-state index contributed by atoms with van der Waals surface area (Å²) in [7, 11) is 5.40. The maximum atomic E-state index is 13.1. The molecule has 0 unspecified atom stereocenters. The molecule has 0 aliphatic carbocycles. The van der Waals surface area contributed by atoms with E-state index >= 15 is 0 Å². The Hall–Kier alpha value is -2.43. The first-order valence-electron chi connectivity index (χ1n) is 22.5. The smallest absolute Gasteiger partial charge is 0.308 e. The summed E-state index contributed by atoms with van der Waals surface area (Å²) in [5, 5.41) is 45.4. The van der Waals surface area contributed by atoms with Gasteiger partial charge in [-0.2, -0.15) is 0 Å². The van der Waals surface area contributed by atoms with Crippen molar-refractivity contribution in [2.75, 3.05) is 21.2 Å². The molecule has 0 aromatic rings. The van der Waals surface area contributed by atoms with Crippen LogP contribution in [0.3, 0.4) is 0 Å². The van der Waals surface area contributed by atoms with E-state index in [4.69, 9.17) is 48.4 Å². The SMILES string of the molecule is CO[C@@H]1[C@@H](O[C@H]2O[C@@H](C)[C@H](O[C@H]3C[C@@](C)(O)[C@@H](OC(=O)CC(C)C)[C@H](O)O3)[C@@H](N)[C@@H]2O)[C@@H](CC=O)C[C@@H](C)[C@H](O[C@@H]2CC[C@@H](N(C)C)[C@H](C)O2)/C=C/C=C/C[C@@H](C)OC(=O)C[C@H]1O. The fourth-order valence-corrected chi connectivity index (χ4v) is 8.99. The summed E-state index contributed by atoms with van der Waals surface area (Å²) in [6.45, 7) is 12.4. The van der Waals surface area contributed by atoms with Gasteiger partial charge in [0.25, 0.3) is 0 Å². The van der Waals surface area contributed by atoms with Gasteiger partial charge in [0, 0.05) is 38.8 Å². The van der Waals surface area contributed by atoms with Crippen LogP contribution in [0.2, 0.25) is 0 Å². The third-order valence-electron chi connectivity index (χ3n) is 12.4. The third kappa shape index (κ3) is 15.0. The summed E-state index contributed by atoms with van der Waals surface area (Å²) in [5.74, 6) is -2.23. The number of aliphatic hydroxyl groups excluding tert-OH is 3. The molecule has 18 nitrogen and oxygen atoms in total. The van der Waals surface area contributed by atoms with E-state index in [1.165, 1.54) is 14.0 Å². The molecule has 4 aliphatic heterocycles. The van der Waals surface area contributed by atoms with Gasteiger partial charge in [0.05, 0.1) is 43.0 Å². The molecule has 3 fully saturated rings. The van der Waals surface area contributed by atoms with Crippen molar-refractivity contribution in [3.05, 3.63) is 24.3 Å². The van der Waals surface area contributed by atoms with Crippen molar-refractivity contribution >= 4 is 18.2 Å². The number of carbonyl (C=O) groups excluding carboxylic acids is 3. The first-order chi connectivity index (χ1) is 29.6. The first-order valence-corrected chi connectivity index (χ1v) is 22.5. The number of allylic oxidation sites excluding steroid dienone is 2. The molecule has 0 spiro atoms. The number of hydrogen-bond donors (Lipinski definition) is 5. The number of cyclic esters (lactones) is 1. The minimum atomic E-state index is -1.76. The highest BCUT2D eigenvalue weighted by Gasteiger charge is 2.52. The fraction of sp³-hybridized carbons (Fsp3) is 0.844. The van der Waals surface area contributed by atoms with Gasteiger partial charge < -0.3 is 78.5 Å². The van der Waals surface area contributed by atoms with E-state index in [2.05, 4.69) is 4.90 Å². The molecule has 63 heavy (non-hydrogen) atoms. The molecular weight excluding hydrogens is 824 g/mol. The molecule has 4 rings (SSSR count). The van der Waals surface area contributed by atoms with Crippen molar-refractivity contribution < 1.29 is 77.4 Å². The molecule has 0 radical (unpaired) electrons. The average Bonchev–Trinajstić information content (AvgIpc) is 3.18. The number of ether oxygens (including phenoxy) is 9. The molecular formula is C45H76N2O16. The lowest BCUT2D eigenvalue weighted by atomic mass is 9.82. The summed E-state index contributed by atoms with van der Waals surface area (Å²) in [6, 6.07) is -0.954. The van der Waals surface area contributed by atoms with Gasteiger partial charge in [-0.1, -0.05) is 45.1 Å². The zero-order valence-corrected chi connectivity index (χ0v) is 38.7. The van der Waals surface area contributed by atoms with Gasteiger partial charge in [0.15, 0.2) is 31.3 Å². The van der Waals surface area contributed by atoms with Crippen LogP contribution >= 0.6 is 0 Å². The van der Waals surface area contributed by atoms with Gasteiger partial charge in [-0.25, -0.2) is 0 Å². The number of likely N-dealkylation sites (N-methyl/N-ethyl adjacent to an activating group) is 1. The van der Waals surface area contributed by atoms with E-state index in [1.807, 2.05) is 66.1 Å². The number of nitrogens with two attached hydrogens (primary N) is 1. The van der Waals surface area contributed by atoms with E-state index < -0.39 is 116 Å². The van der Waals surface area contributed by atoms with Crippen molar-refractivity contribution in [3.8, 4) is 0 Å². The van der Waals surface area contributed by atoms with Crippen LogP contribution in [-0.4, -0.2) is 169 Å². The largest absolute Gasteiger partial charge is 0.462 e. The topological polar surface area (TPSA) is 244 Å². The minimum Gasteiger partial charge on any atom is -0.462 e. The molecule has 4 aliphatic rings. The standard InChI is InChI=1S/C45H76N2O16/c1-24(2)20-33(50)60-42-43(53)62-36(23-45(42,7)54)61-39-28(6)58-44(38(52)37(39)46)63-40-29(18-19-48)21-25(3)32(59-35-17-16-30(47(8)9)27(5)57-35)15-13-11-12-14-26(4)56-34(51)22-31(49)41(40)55-10/h11-13,15,19,24-32,35-44,49,52-54H,14,16-18,20-23,46H2,1-10H3/b12-11+,15-13+/t25-,26-,27+,28+,29+,30-,31-,32-,35-,36-,37+,38+,39+,40+,41+,42+,43-,44-,45-/m1/s1. The molecule has 3 saturated heterocycles. The molecule has 19 atom stereocenters. The van der Waals surface area contributed by atoms with E-state index in [-0.39, 0.29) is 43.2 Å². The number of aldehydes is 1. The Kier molecular flexibility index (Phi) is 20.6. The molecule has 6 N–H and O–H groups in total. The predicted molar refractivity (Wildman–Crippen MR) is 227 cm³/mol. The third-order valence-corrected chi connectivity index (χ3v) is 12.4. The molecule has 0 bridgehead atoms. The highest BCUT2D eigenvalue weighted by Crippen LogP contribution is 2.37. The lowest BCUT2D eigenvalue weighted by Gasteiger charge is -2.48. The summed E-state index contributed by atoms with van der Waals surface area (Å²) >= 11 is 0. The monoisotopic (exact) mass is 901 g/mol. The van der Waals surface area contributed by atoms with Gasteiger partial charge in [0.1, 0.15) is 36.3 Å². The van der Waals surface area contributed by atoms with Crippen LogP contribution in [0.1, 0.15) is 99.8 Å². The number of rotatable bonds is 13. The van der Waals surface area contributed by atoms with Gasteiger partial charge in [0.2, 0.25) is 0 Å². The summed E-state index contributed by atoms with van der Waals surface area (Å²) < 4.78 is 54.4. The maximum absolute atomic E-state index is 13.1. The normalized spacial score (nSPS) is 43.5. The van der Waals surface area contributed by atoms with Gasteiger partial charge >= 0.3 is 11.9 Å². The van der Waals surface area contributed by atoms with E-state index in [1.54, 1.807) is 13.8 Å². The summed E-state index contributed by atoms with van der Waals surface area (Å²) in [6.07, 6.45) is -4.89. The quantitative estimate of drug-likeness (QED) is 0.131. The fourth-order valence-electron chi connectivity index (χ4n) is 8.99. The molecule has 0 aromatic carbocycles. The van der Waals surface area contributed by atoms with Crippen LogP contribution in [-0.2, 0) is 57.0 Å². The lowest BCUT2D eigenvalue weighted by Crippen LogP contribution is -2.65. The molecule has 0 amide bonds. The zero-order valence-electron chi connectivity index (χ0n) is 38.7. The highest BCUT2D eigenvalue weighted by molar-refractivity contribution is 5.70. The van der Waals surface area contributed by atoms with E-state index in [0.717, 1.165) is 12.7 Å². The van der Waals surface area contributed by atoms with Crippen LogP contribution in [0.25, 0.3) is 0 Å². The molecule has 4 heterocycles. The molecule has 0 aromatic heterocycles. The van der Waals surface area contributed by atoms with Crippen molar-refractivity contribution in [2.24, 2.45) is 23.5 Å². The van der Waals surface area contributed by atoms with Crippen LogP contribution < -0.4 is 5.73 Å². The Morgan fingerprint density at radius 1 is 0.984 bits per heavy atom. The van der Waals surface area contributed by atoms with E-state index in [0.29, 0.717) is 19.3 Å². The minimum absolute atomic E-state index is 0.00931. The van der Waals surface area contributed by atoms with Crippen molar-refractivity contribution in [2.45, 2.75) is 204 Å². The molecule has 18 heteroatoms. The van der Waals surface area contributed by atoms with Crippen molar-refractivity contribution in [1.82, 2.24) is 4.90 Å². The van der Waals surface area contributed by atoms with E-state index in [9.17, 15) is 34.8 Å². The second kappa shape index (κ2) is 24.4. The number of nitrogens with zero attached hydrogens (tertiary/aromatic N) is 1. The average molecular weight is 901 g/mol. The number of hydrogen-bond acceptors (Lipinski definition) is 18. The predicted octanol–water partition coefficient (Wildman–Crippen LogP) is 2.25. The van der Waals surface area contributed by atoms with Crippen LogP contribution in [0.4, 0.5) is 0 Å². The first kappa shape index (κ1) is 53.2. The Morgan fingerprint density at radius 2 is 1.70 bits per heavy atom. The maximum Gasteiger partial charge on any atom is 0.308 e. The molecule has 362 valence electrons. The second-order valence-corrected chi connectivity index (χ2v) is 18.7. The Balaban J connectivity index is 1.58. The van der Waals surface area contributed by atoms with Crippen LogP contribution in [0.5, 0.6) is 0 Å². The lowest BCUT2D eigenvalue weighted by molar-refractivity contribution is -0.359. The van der Waals surface area contributed by atoms with Gasteiger partial charge in [-0.3, -0.25) is 9.59 Å².